The Morgan fingerprint density at radius 2 is 2.31 bits per heavy atom. The molecular weight excluding hydrogens is 381 g/mol. The lowest BCUT2D eigenvalue weighted by Gasteiger charge is -2.22. The number of carbonyl (C=O) groups is 1. The first-order chi connectivity index (χ1) is 7.59. The standard InChI is InChI=1S/C12H13BrINO/c1-8-3-2-6-15(8)12(16)10-5-4-9(13)7-11(10)14/h4-5,7-8H,2-3,6H2,1H3/t8-/m0/s1. The zero-order chi connectivity index (χ0) is 11.7. The molecule has 0 N–H and O–H groups in total. The largest absolute Gasteiger partial charge is 0.336 e. The van der Waals surface area contributed by atoms with Gasteiger partial charge in [0.25, 0.3) is 5.91 Å². The summed E-state index contributed by atoms with van der Waals surface area (Å²) in [5.41, 5.74) is 0.817. The lowest BCUT2D eigenvalue weighted by molar-refractivity contribution is 0.0746. The average molecular weight is 394 g/mol. The van der Waals surface area contributed by atoms with Crippen LogP contribution in [-0.2, 0) is 0 Å². The van der Waals surface area contributed by atoms with Gasteiger partial charge in [-0.05, 0) is 60.6 Å². The maximum absolute atomic E-state index is 12.3. The van der Waals surface area contributed by atoms with E-state index in [1.54, 1.807) is 0 Å². The van der Waals surface area contributed by atoms with E-state index in [1.165, 1.54) is 0 Å². The molecule has 1 fully saturated rings. The Hall–Kier alpha value is -0.100. The van der Waals surface area contributed by atoms with Crippen molar-refractivity contribution in [2.75, 3.05) is 6.54 Å². The second kappa shape index (κ2) is 5.04. The zero-order valence-electron chi connectivity index (χ0n) is 9.04. The Balaban J connectivity index is 2.27. The minimum atomic E-state index is 0.168. The molecule has 2 nitrogen and oxygen atoms in total. The van der Waals surface area contributed by atoms with Gasteiger partial charge in [-0.25, -0.2) is 0 Å². The molecule has 2 rings (SSSR count). The summed E-state index contributed by atoms with van der Waals surface area (Å²) >= 11 is 5.63. The fourth-order valence-electron chi connectivity index (χ4n) is 2.05. The van der Waals surface area contributed by atoms with Gasteiger partial charge in [0.1, 0.15) is 0 Å². The first-order valence-electron chi connectivity index (χ1n) is 5.35. The molecule has 0 spiro atoms. The van der Waals surface area contributed by atoms with Gasteiger partial charge >= 0.3 is 0 Å². The first kappa shape index (κ1) is 12.4. The monoisotopic (exact) mass is 393 g/mol. The molecule has 0 radical (unpaired) electrons. The van der Waals surface area contributed by atoms with Gasteiger partial charge in [-0.3, -0.25) is 4.79 Å². The molecule has 16 heavy (non-hydrogen) atoms. The highest BCUT2D eigenvalue weighted by Crippen LogP contribution is 2.24. The predicted molar refractivity (Wildman–Crippen MR) is 76.6 cm³/mol. The minimum Gasteiger partial charge on any atom is -0.336 e. The Morgan fingerprint density at radius 3 is 2.88 bits per heavy atom. The van der Waals surface area contributed by atoms with E-state index in [1.807, 2.05) is 23.1 Å². The van der Waals surface area contributed by atoms with Gasteiger partial charge in [0, 0.05) is 20.6 Å². The molecular formula is C12H13BrINO. The highest BCUT2D eigenvalue weighted by Gasteiger charge is 2.26. The fourth-order valence-corrected chi connectivity index (χ4v) is 3.59. The third-order valence-corrected chi connectivity index (χ3v) is 4.36. The van der Waals surface area contributed by atoms with E-state index in [0.29, 0.717) is 6.04 Å². The van der Waals surface area contributed by atoms with Crippen molar-refractivity contribution in [3.8, 4) is 0 Å². The number of halogens is 2. The van der Waals surface area contributed by atoms with Gasteiger partial charge in [-0.2, -0.15) is 0 Å². The van der Waals surface area contributed by atoms with Gasteiger partial charge < -0.3 is 4.90 Å². The summed E-state index contributed by atoms with van der Waals surface area (Å²) in [5, 5.41) is 0. The van der Waals surface area contributed by atoms with Crippen molar-refractivity contribution in [3.05, 3.63) is 31.8 Å². The van der Waals surface area contributed by atoms with Crippen LogP contribution in [0.5, 0.6) is 0 Å². The second-order valence-electron chi connectivity index (χ2n) is 4.11. The van der Waals surface area contributed by atoms with Crippen LogP contribution >= 0.6 is 38.5 Å². The summed E-state index contributed by atoms with van der Waals surface area (Å²) in [6, 6.07) is 6.19. The van der Waals surface area contributed by atoms with Crippen LogP contribution in [0.1, 0.15) is 30.1 Å². The molecule has 1 amide bonds. The van der Waals surface area contributed by atoms with E-state index in [0.717, 1.165) is 33.0 Å². The summed E-state index contributed by atoms with van der Waals surface area (Å²) in [6.07, 6.45) is 2.25. The van der Waals surface area contributed by atoms with E-state index in [2.05, 4.69) is 45.4 Å². The Kier molecular flexibility index (Phi) is 3.89. The molecule has 1 aromatic rings. The Labute approximate surface area is 118 Å². The zero-order valence-corrected chi connectivity index (χ0v) is 12.8. The van der Waals surface area contributed by atoms with Crippen LogP contribution in [0.4, 0.5) is 0 Å². The van der Waals surface area contributed by atoms with Crippen molar-refractivity contribution >= 4 is 44.4 Å². The van der Waals surface area contributed by atoms with Crippen LogP contribution in [0.3, 0.4) is 0 Å². The molecule has 0 unspecified atom stereocenters. The van der Waals surface area contributed by atoms with Gasteiger partial charge in [-0.1, -0.05) is 15.9 Å². The molecule has 0 bridgehead atoms. The van der Waals surface area contributed by atoms with Crippen molar-refractivity contribution in [2.24, 2.45) is 0 Å². The highest BCUT2D eigenvalue weighted by atomic mass is 127. The maximum atomic E-state index is 12.3. The number of hydrogen-bond acceptors (Lipinski definition) is 1. The van der Waals surface area contributed by atoms with E-state index in [9.17, 15) is 4.79 Å². The van der Waals surface area contributed by atoms with Gasteiger partial charge in [0.2, 0.25) is 0 Å². The molecule has 4 heteroatoms. The van der Waals surface area contributed by atoms with Crippen molar-refractivity contribution in [2.45, 2.75) is 25.8 Å². The molecule has 1 aliphatic heterocycles. The van der Waals surface area contributed by atoms with Crippen molar-refractivity contribution in [1.82, 2.24) is 4.90 Å². The van der Waals surface area contributed by atoms with Crippen molar-refractivity contribution in [1.29, 1.82) is 0 Å². The van der Waals surface area contributed by atoms with Gasteiger partial charge in [0.15, 0.2) is 0 Å². The van der Waals surface area contributed by atoms with Crippen molar-refractivity contribution < 1.29 is 4.79 Å². The van der Waals surface area contributed by atoms with Crippen LogP contribution in [0, 0.1) is 3.57 Å². The number of amides is 1. The number of likely N-dealkylation sites (tertiary alicyclic amines) is 1. The van der Waals surface area contributed by atoms with Crippen molar-refractivity contribution in [3.63, 3.8) is 0 Å². The fraction of sp³-hybridized carbons (Fsp3) is 0.417. The first-order valence-corrected chi connectivity index (χ1v) is 7.23. The molecule has 1 atom stereocenters. The number of benzene rings is 1. The lowest BCUT2D eigenvalue weighted by atomic mass is 10.2. The second-order valence-corrected chi connectivity index (χ2v) is 6.19. The molecule has 1 saturated heterocycles. The van der Waals surface area contributed by atoms with E-state index < -0.39 is 0 Å². The summed E-state index contributed by atoms with van der Waals surface area (Å²) in [6.45, 7) is 3.02. The molecule has 0 aromatic heterocycles. The van der Waals surface area contributed by atoms with Gasteiger partial charge in [-0.15, -0.1) is 0 Å². The summed E-state index contributed by atoms with van der Waals surface area (Å²) in [5.74, 6) is 0.168. The molecule has 1 heterocycles. The smallest absolute Gasteiger partial charge is 0.255 e. The average Bonchev–Trinajstić information content (AvgIpc) is 2.63. The van der Waals surface area contributed by atoms with Crippen LogP contribution in [0.15, 0.2) is 22.7 Å². The summed E-state index contributed by atoms with van der Waals surface area (Å²) < 4.78 is 2.03. The third kappa shape index (κ3) is 2.42. The van der Waals surface area contributed by atoms with Crippen LogP contribution < -0.4 is 0 Å². The number of carbonyl (C=O) groups excluding carboxylic acids is 1. The maximum Gasteiger partial charge on any atom is 0.255 e. The molecule has 0 aliphatic carbocycles. The van der Waals surface area contributed by atoms with Crippen LogP contribution in [0.25, 0.3) is 0 Å². The minimum absolute atomic E-state index is 0.168. The summed E-state index contributed by atoms with van der Waals surface area (Å²) in [4.78, 5) is 14.3. The predicted octanol–water partition coefficient (Wildman–Crippen LogP) is 3.68. The molecule has 1 aromatic carbocycles. The Bertz CT molecular complexity index is 421. The third-order valence-electron chi connectivity index (χ3n) is 2.98. The van der Waals surface area contributed by atoms with E-state index in [4.69, 9.17) is 0 Å². The lowest BCUT2D eigenvalue weighted by Crippen LogP contribution is -2.34. The Morgan fingerprint density at radius 1 is 1.56 bits per heavy atom. The van der Waals surface area contributed by atoms with Gasteiger partial charge in [0.05, 0.1) is 5.56 Å². The molecule has 86 valence electrons. The van der Waals surface area contributed by atoms with Crippen LogP contribution in [0.2, 0.25) is 0 Å². The van der Waals surface area contributed by atoms with E-state index in [-0.39, 0.29) is 5.91 Å². The summed E-state index contributed by atoms with van der Waals surface area (Å²) in [7, 11) is 0. The quantitative estimate of drug-likeness (QED) is 0.666. The molecule has 1 aliphatic rings. The molecule has 0 saturated carbocycles. The topological polar surface area (TPSA) is 20.3 Å². The highest BCUT2D eigenvalue weighted by molar-refractivity contribution is 14.1. The number of rotatable bonds is 1. The SMILES string of the molecule is C[C@H]1CCCN1C(=O)c1ccc(Br)cc1I. The normalized spacial score (nSPS) is 20.2. The number of hydrogen-bond donors (Lipinski definition) is 0. The van der Waals surface area contributed by atoms with Crippen LogP contribution in [-0.4, -0.2) is 23.4 Å². The van der Waals surface area contributed by atoms with E-state index >= 15 is 0 Å². The number of nitrogens with zero attached hydrogens (tertiary/aromatic N) is 1.